The van der Waals surface area contributed by atoms with Gasteiger partial charge in [0.25, 0.3) is 0 Å². The molecule has 0 aliphatic rings. The Morgan fingerprint density at radius 2 is 1.94 bits per heavy atom. The van der Waals surface area contributed by atoms with Crippen molar-refractivity contribution in [3.8, 4) is 6.07 Å². The van der Waals surface area contributed by atoms with E-state index in [0.717, 1.165) is 5.56 Å². The molecule has 1 heterocycles. The zero-order chi connectivity index (χ0) is 12.8. The fraction of sp³-hybridized carbons (Fsp3) is 0. The summed E-state index contributed by atoms with van der Waals surface area (Å²) in [7, 11) is 0. The van der Waals surface area contributed by atoms with Crippen LogP contribution in [0.25, 0.3) is 0 Å². The Morgan fingerprint density at radius 3 is 2.56 bits per heavy atom. The van der Waals surface area contributed by atoms with E-state index >= 15 is 0 Å². The summed E-state index contributed by atoms with van der Waals surface area (Å²) >= 11 is 5.60. The maximum Gasteiger partial charge on any atom is 0.168 e. The molecule has 2 rings (SSSR count). The Balaban J connectivity index is 1.98. The summed E-state index contributed by atoms with van der Waals surface area (Å²) in [5, 5.41) is 20.4. The lowest BCUT2D eigenvalue weighted by atomic mass is 10.2. The van der Waals surface area contributed by atoms with Gasteiger partial charge < -0.3 is 0 Å². The Hall–Kier alpha value is -2.45. The van der Waals surface area contributed by atoms with Crippen LogP contribution < -0.4 is 5.43 Å². The van der Waals surface area contributed by atoms with E-state index in [4.69, 9.17) is 16.9 Å². The summed E-state index contributed by atoms with van der Waals surface area (Å²) in [5.41, 5.74) is 4.21. The first kappa shape index (κ1) is 12.0. The lowest BCUT2D eigenvalue weighted by Crippen LogP contribution is -1.94. The SMILES string of the molecule is N#Cc1ccc(/C=N/Nc2ccc(Cl)nn2)cc1. The number of hydrazone groups is 1. The minimum Gasteiger partial charge on any atom is -0.260 e. The molecule has 0 spiro atoms. The first-order valence-electron chi connectivity index (χ1n) is 5.06. The van der Waals surface area contributed by atoms with Crippen LogP contribution in [0, 0.1) is 11.3 Å². The highest BCUT2D eigenvalue weighted by atomic mass is 35.5. The molecule has 0 unspecified atom stereocenters. The minimum atomic E-state index is 0.330. The zero-order valence-corrected chi connectivity index (χ0v) is 9.96. The summed E-state index contributed by atoms with van der Waals surface area (Å²) in [5.74, 6) is 0.504. The number of nitrogens with zero attached hydrogens (tertiary/aromatic N) is 4. The van der Waals surface area contributed by atoms with Gasteiger partial charge in [0.05, 0.1) is 17.8 Å². The van der Waals surface area contributed by atoms with Crippen molar-refractivity contribution >= 4 is 23.6 Å². The van der Waals surface area contributed by atoms with Crippen LogP contribution in [-0.4, -0.2) is 16.4 Å². The van der Waals surface area contributed by atoms with Crippen LogP contribution in [0.4, 0.5) is 5.82 Å². The van der Waals surface area contributed by atoms with Crippen LogP contribution in [0.5, 0.6) is 0 Å². The molecular weight excluding hydrogens is 250 g/mol. The predicted octanol–water partition coefficient (Wildman–Crippen LogP) is 2.45. The van der Waals surface area contributed by atoms with Crippen molar-refractivity contribution in [2.75, 3.05) is 5.43 Å². The minimum absolute atomic E-state index is 0.330. The van der Waals surface area contributed by atoms with Crippen molar-refractivity contribution < 1.29 is 0 Å². The quantitative estimate of drug-likeness (QED) is 0.677. The Morgan fingerprint density at radius 1 is 1.17 bits per heavy atom. The summed E-state index contributed by atoms with van der Waals surface area (Å²) in [6.07, 6.45) is 1.62. The van der Waals surface area contributed by atoms with E-state index in [1.807, 2.05) is 0 Å². The average Bonchev–Trinajstić information content (AvgIpc) is 2.42. The van der Waals surface area contributed by atoms with Gasteiger partial charge in [-0.3, -0.25) is 5.43 Å². The summed E-state index contributed by atoms with van der Waals surface area (Å²) in [6, 6.07) is 12.4. The molecule has 0 amide bonds. The molecule has 0 aliphatic carbocycles. The highest BCUT2D eigenvalue weighted by molar-refractivity contribution is 6.29. The number of hydrogen-bond acceptors (Lipinski definition) is 5. The molecule has 0 fully saturated rings. The van der Waals surface area contributed by atoms with E-state index in [0.29, 0.717) is 16.5 Å². The molecule has 0 bridgehead atoms. The van der Waals surface area contributed by atoms with Crippen LogP contribution in [0.1, 0.15) is 11.1 Å². The zero-order valence-electron chi connectivity index (χ0n) is 9.21. The molecule has 0 saturated heterocycles. The number of halogens is 1. The number of aromatic nitrogens is 2. The standard InChI is InChI=1S/C12H8ClN5/c13-11-5-6-12(18-16-11)17-15-8-10-3-1-9(7-14)2-4-10/h1-6,8H,(H,17,18)/b15-8+. The van der Waals surface area contributed by atoms with Gasteiger partial charge >= 0.3 is 0 Å². The fourth-order valence-electron chi connectivity index (χ4n) is 1.19. The number of nitrogens with one attached hydrogen (secondary N) is 1. The van der Waals surface area contributed by atoms with Crippen molar-refractivity contribution in [2.45, 2.75) is 0 Å². The van der Waals surface area contributed by atoms with E-state index in [-0.39, 0.29) is 0 Å². The predicted molar refractivity (Wildman–Crippen MR) is 69.4 cm³/mol. The molecule has 0 radical (unpaired) electrons. The second-order valence-electron chi connectivity index (χ2n) is 3.35. The smallest absolute Gasteiger partial charge is 0.168 e. The molecule has 5 nitrogen and oxygen atoms in total. The molecule has 0 atom stereocenters. The third-order valence-corrected chi connectivity index (χ3v) is 2.27. The summed E-state index contributed by atoms with van der Waals surface area (Å²) in [6.45, 7) is 0. The van der Waals surface area contributed by atoms with Gasteiger partial charge in [-0.25, -0.2) is 0 Å². The van der Waals surface area contributed by atoms with Gasteiger partial charge in [0.1, 0.15) is 0 Å². The van der Waals surface area contributed by atoms with E-state index in [1.54, 1.807) is 42.6 Å². The van der Waals surface area contributed by atoms with Gasteiger partial charge in [0, 0.05) is 0 Å². The molecule has 0 saturated carbocycles. The molecule has 6 heteroatoms. The molecule has 1 N–H and O–H groups in total. The fourth-order valence-corrected chi connectivity index (χ4v) is 1.29. The van der Waals surface area contributed by atoms with Crippen molar-refractivity contribution in [3.63, 3.8) is 0 Å². The van der Waals surface area contributed by atoms with Crippen molar-refractivity contribution in [3.05, 3.63) is 52.7 Å². The molecule has 88 valence electrons. The Labute approximate surface area is 109 Å². The maximum atomic E-state index is 8.65. The number of anilines is 1. The van der Waals surface area contributed by atoms with Gasteiger partial charge in [0.2, 0.25) is 0 Å². The Kier molecular flexibility index (Phi) is 3.84. The number of hydrogen-bond donors (Lipinski definition) is 1. The van der Waals surface area contributed by atoms with E-state index in [2.05, 4.69) is 26.8 Å². The average molecular weight is 258 g/mol. The third-order valence-electron chi connectivity index (χ3n) is 2.06. The van der Waals surface area contributed by atoms with Gasteiger partial charge in [-0.15, -0.1) is 10.2 Å². The van der Waals surface area contributed by atoms with Crippen molar-refractivity contribution in [1.29, 1.82) is 5.26 Å². The molecule has 0 aliphatic heterocycles. The number of rotatable bonds is 3. The summed E-state index contributed by atoms with van der Waals surface area (Å²) < 4.78 is 0. The van der Waals surface area contributed by atoms with E-state index in [1.165, 1.54) is 0 Å². The first-order valence-corrected chi connectivity index (χ1v) is 5.44. The molecular formula is C12H8ClN5. The Bertz CT molecular complexity index is 583. The largest absolute Gasteiger partial charge is 0.260 e. The van der Waals surface area contributed by atoms with Crippen LogP contribution in [0.2, 0.25) is 5.15 Å². The van der Waals surface area contributed by atoms with Gasteiger partial charge in [-0.05, 0) is 29.8 Å². The highest BCUT2D eigenvalue weighted by Gasteiger charge is 1.93. The third kappa shape index (κ3) is 3.27. The van der Waals surface area contributed by atoms with Gasteiger partial charge in [0.15, 0.2) is 11.0 Å². The molecule has 2 aromatic rings. The number of benzene rings is 1. The normalized spacial score (nSPS) is 10.2. The monoisotopic (exact) mass is 257 g/mol. The summed E-state index contributed by atoms with van der Waals surface area (Å²) in [4.78, 5) is 0. The molecule has 18 heavy (non-hydrogen) atoms. The van der Waals surface area contributed by atoms with Crippen molar-refractivity contribution in [1.82, 2.24) is 10.2 Å². The lowest BCUT2D eigenvalue weighted by Gasteiger charge is -1.97. The second kappa shape index (κ2) is 5.75. The molecule has 1 aromatic heterocycles. The van der Waals surface area contributed by atoms with Gasteiger partial charge in [-0.1, -0.05) is 23.7 Å². The van der Waals surface area contributed by atoms with Crippen LogP contribution in [-0.2, 0) is 0 Å². The highest BCUT2D eigenvalue weighted by Crippen LogP contribution is 2.06. The van der Waals surface area contributed by atoms with Crippen LogP contribution in [0.3, 0.4) is 0 Å². The lowest BCUT2D eigenvalue weighted by molar-refractivity contribution is 1.02. The number of nitriles is 1. The van der Waals surface area contributed by atoms with Gasteiger partial charge in [-0.2, -0.15) is 10.4 Å². The molecule has 1 aromatic carbocycles. The van der Waals surface area contributed by atoms with Crippen molar-refractivity contribution in [2.24, 2.45) is 5.10 Å². The van der Waals surface area contributed by atoms with Crippen LogP contribution in [0.15, 0.2) is 41.5 Å². The van der Waals surface area contributed by atoms with E-state index < -0.39 is 0 Å². The van der Waals surface area contributed by atoms with E-state index in [9.17, 15) is 0 Å². The second-order valence-corrected chi connectivity index (χ2v) is 3.73. The maximum absolute atomic E-state index is 8.65. The topological polar surface area (TPSA) is 74.0 Å². The first-order chi connectivity index (χ1) is 8.78. The van der Waals surface area contributed by atoms with Crippen LogP contribution >= 0.6 is 11.6 Å².